The summed E-state index contributed by atoms with van der Waals surface area (Å²) in [7, 11) is 0. The lowest BCUT2D eigenvalue weighted by molar-refractivity contribution is 0.282. The zero-order valence-corrected chi connectivity index (χ0v) is 10.1. The highest BCUT2D eigenvalue weighted by Crippen LogP contribution is 2.06. The molecular formula is C12H27NO. The van der Waals surface area contributed by atoms with Crippen LogP contribution in [0.3, 0.4) is 0 Å². The molecule has 0 bridgehead atoms. The molecule has 0 amide bonds. The standard InChI is InChI=1S/C12H27NO/c1-4-11(2)12(3)13-9-7-5-6-8-10-14/h11-14H,4-10H2,1-3H3. The van der Waals surface area contributed by atoms with Gasteiger partial charge in [0.25, 0.3) is 0 Å². The van der Waals surface area contributed by atoms with Crippen LogP contribution in [0.15, 0.2) is 0 Å². The predicted molar refractivity (Wildman–Crippen MR) is 62.5 cm³/mol. The van der Waals surface area contributed by atoms with Crippen molar-refractivity contribution in [1.29, 1.82) is 0 Å². The Balaban J connectivity index is 3.18. The van der Waals surface area contributed by atoms with Crippen LogP contribution < -0.4 is 5.32 Å². The summed E-state index contributed by atoms with van der Waals surface area (Å²) in [5, 5.41) is 12.1. The van der Waals surface area contributed by atoms with E-state index in [0.717, 1.165) is 25.3 Å². The van der Waals surface area contributed by atoms with Crippen LogP contribution in [0.25, 0.3) is 0 Å². The molecule has 0 aliphatic heterocycles. The van der Waals surface area contributed by atoms with Gasteiger partial charge in [0.2, 0.25) is 0 Å². The normalized spacial score (nSPS) is 15.4. The van der Waals surface area contributed by atoms with E-state index in [1.165, 1.54) is 19.3 Å². The molecule has 0 fully saturated rings. The Morgan fingerprint density at radius 3 is 2.29 bits per heavy atom. The van der Waals surface area contributed by atoms with Gasteiger partial charge in [-0.15, -0.1) is 0 Å². The van der Waals surface area contributed by atoms with Gasteiger partial charge >= 0.3 is 0 Å². The number of aliphatic hydroxyl groups is 1. The number of aliphatic hydroxyl groups excluding tert-OH is 1. The Kier molecular flexibility index (Phi) is 9.42. The largest absolute Gasteiger partial charge is 0.396 e. The average Bonchev–Trinajstić information content (AvgIpc) is 2.21. The third kappa shape index (κ3) is 7.34. The van der Waals surface area contributed by atoms with E-state index in [-0.39, 0.29) is 0 Å². The van der Waals surface area contributed by atoms with E-state index in [9.17, 15) is 0 Å². The lowest BCUT2D eigenvalue weighted by Crippen LogP contribution is -2.32. The van der Waals surface area contributed by atoms with E-state index in [4.69, 9.17) is 5.11 Å². The van der Waals surface area contributed by atoms with Crippen molar-refractivity contribution < 1.29 is 5.11 Å². The van der Waals surface area contributed by atoms with Gasteiger partial charge in [-0.05, 0) is 32.2 Å². The fraction of sp³-hybridized carbons (Fsp3) is 1.00. The zero-order valence-electron chi connectivity index (χ0n) is 10.1. The van der Waals surface area contributed by atoms with E-state index in [1.807, 2.05) is 0 Å². The van der Waals surface area contributed by atoms with E-state index >= 15 is 0 Å². The highest BCUT2D eigenvalue weighted by molar-refractivity contribution is 4.66. The van der Waals surface area contributed by atoms with Crippen LogP contribution >= 0.6 is 0 Å². The molecule has 14 heavy (non-hydrogen) atoms. The molecule has 86 valence electrons. The molecule has 0 saturated heterocycles. The molecule has 0 rings (SSSR count). The maximum atomic E-state index is 8.60. The Labute approximate surface area is 89.1 Å². The summed E-state index contributed by atoms with van der Waals surface area (Å²) in [5.74, 6) is 0.771. The molecule has 2 N–H and O–H groups in total. The van der Waals surface area contributed by atoms with Crippen molar-refractivity contribution in [2.75, 3.05) is 13.2 Å². The van der Waals surface area contributed by atoms with Gasteiger partial charge < -0.3 is 10.4 Å². The molecule has 2 atom stereocenters. The summed E-state index contributed by atoms with van der Waals surface area (Å²) in [6.45, 7) is 8.27. The van der Waals surface area contributed by atoms with Gasteiger partial charge in [0, 0.05) is 12.6 Å². The van der Waals surface area contributed by atoms with Gasteiger partial charge in [0.05, 0.1) is 0 Å². The van der Waals surface area contributed by atoms with E-state index in [1.54, 1.807) is 0 Å². The molecule has 0 aromatic heterocycles. The van der Waals surface area contributed by atoms with Crippen molar-refractivity contribution >= 4 is 0 Å². The van der Waals surface area contributed by atoms with E-state index in [2.05, 4.69) is 26.1 Å². The van der Waals surface area contributed by atoms with Crippen molar-refractivity contribution in [3.63, 3.8) is 0 Å². The molecule has 0 aliphatic carbocycles. The maximum absolute atomic E-state index is 8.60. The molecule has 0 saturated carbocycles. The minimum atomic E-state index is 0.344. The molecule has 0 aromatic rings. The van der Waals surface area contributed by atoms with Crippen LogP contribution in [0, 0.1) is 5.92 Å². The van der Waals surface area contributed by atoms with Crippen molar-refractivity contribution in [3.05, 3.63) is 0 Å². The number of hydrogen-bond acceptors (Lipinski definition) is 2. The molecule has 2 heteroatoms. The zero-order chi connectivity index (χ0) is 10.8. The Morgan fingerprint density at radius 2 is 1.71 bits per heavy atom. The minimum absolute atomic E-state index is 0.344. The fourth-order valence-electron chi connectivity index (χ4n) is 1.47. The summed E-state index contributed by atoms with van der Waals surface area (Å²) in [4.78, 5) is 0. The molecule has 0 spiro atoms. The number of nitrogens with one attached hydrogen (secondary N) is 1. The highest BCUT2D eigenvalue weighted by atomic mass is 16.2. The summed E-state index contributed by atoms with van der Waals surface area (Å²) >= 11 is 0. The summed E-state index contributed by atoms with van der Waals surface area (Å²) < 4.78 is 0. The molecule has 0 heterocycles. The lowest BCUT2D eigenvalue weighted by Gasteiger charge is -2.19. The third-order valence-corrected chi connectivity index (χ3v) is 3.05. The first-order chi connectivity index (χ1) is 6.72. The average molecular weight is 201 g/mol. The SMILES string of the molecule is CCC(C)C(C)NCCCCCCO. The first-order valence-corrected chi connectivity index (χ1v) is 6.06. The van der Waals surface area contributed by atoms with Crippen molar-refractivity contribution in [1.82, 2.24) is 5.32 Å². The van der Waals surface area contributed by atoms with Gasteiger partial charge in [-0.25, -0.2) is 0 Å². The Hall–Kier alpha value is -0.0800. The second-order valence-electron chi connectivity index (χ2n) is 4.27. The minimum Gasteiger partial charge on any atom is -0.396 e. The van der Waals surface area contributed by atoms with Gasteiger partial charge in [0.1, 0.15) is 0 Å². The molecule has 2 nitrogen and oxygen atoms in total. The van der Waals surface area contributed by atoms with Gasteiger partial charge in [-0.2, -0.15) is 0 Å². The predicted octanol–water partition coefficient (Wildman–Crippen LogP) is 2.56. The summed E-state index contributed by atoms with van der Waals surface area (Å²) in [6.07, 6.45) is 5.84. The second-order valence-corrected chi connectivity index (χ2v) is 4.27. The molecule has 2 unspecified atom stereocenters. The van der Waals surface area contributed by atoms with Crippen molar-refractivity contribution in [2.24, 2.45) is 5.92 Å². The van der Waals surface area contributed by atoms with E-state index in [0.29, 0.717) is 12.6 Å². The van der Waals surface area contributed by atoms with Gasteiger partial charge in [-0.3, -0.25) is 0 Å². The third-order valence-electron chi connectivity index (χ3n) is 3.05. The maximum Gasteiger partial charge on any atom is 0.0431 e. The van der Waals surface area contributed by atoms with Gasteiger partial charge in [0.15, 0.2) is 0 Å². The summed E-state index contributed by atoms with van der Waals surface area (Å²) in [5.41, 5.74) is 0. The van der Waals surface area contributed by atoms with Crippen LogP contribution in [0.4, 0.5) is 0 Å². The monoisotopic (exact) mass is 201 g/mol. The molecule has 0 aromatic carbocycles. The number of unbranched alkanes of at least 4 members (excludes halogenated alkanes) is 3. The summed E-state index contributed by atoms with van der Waals surface area (Å²) in [6, 6.07) is 0.637. The highest BCUT2D eigenvalue weighted by Gasteiger charge is 2.07. The molecular weight excluding hydrogens is 174 g/mol. The van der Waals surface area contributed by atoms with Crippen LogP contribution in [0.2, 0.25) is 0 Å². The quantitative estimate of drug-likeness (QED) is 0.562. The number of rotatable bonds is 9. The van der Waals surface area contributed by atoms with Crippen LogP contribution in [-0.4, -0.2) is 24.3 Å². The first kappa shape index (κ1) is 13.9. The topological polar surface area (TPSA) is 32.3 Å². The van der Waals surface area contributed by atoms with Crippen molar-refractivity contribution in [3.8, 4) is 0 Å². The fourth-order valence-corrected chi connectivity index (χ4v) is 1.47. The van der Waals surface area contributed by atoms with E-state index < -0.39 is 0 Å². The number of hydrogen-bond donors (Lipinski definition) is 2. The Bertz CT molecular complexity index is 117. The van der Waals surface area contributed by atoms with Gasteiger partial charge in [-0.1, -0.05) is 33.1 Å². The first-order valence-electron chi connectivity index (χ1n) is 6.06. The van der Waals surface area contributed by atoms with Crippen LogP contribution in [0.5, 0.6) is 0 Å². The van der Waals surface area contributed by atoms with Crippen LogP contribution in [-0.2, 0) is 0 Å². The smallest absolute Gasteiger partial charge is 0.0431 e. The van der Waals surface area contributed by atoms with Crippen LogP contribution in [0.1, 0.15) is 52.9 Å². The molecule has 0 aliphatic rings. The second kappa shape index (κ2) is 9.47. The lowest BCUT2D eigenvalue weighted by atomic mass is 10.0. The Morgan fingerprint density at radius 1 is 1.07 bits per heavy atom. The van der Waals surface area contributed by atoms with Crippen molar-refractivity contribution in [2.45, 2.75) is 58.9 Å². The molecule has 0 radical (unpaired) electrons.